The Labute approximate surface area is 125 Å². The Morgan fingerprint density at radius 1 is 1.29 bits per heavy atom. The zero-order valence-electron chi connectivity index (χ0n) is 11.6. The van der Waals surface area contributed by atoms with E-state index in [1.54, 1.807) is 18.2 Å². The van der Waals surface area contributed by atoms with Gasteiger partial charge < -0.3 is 5.73 Å². The fraction of sp³-hybridized carbons (Fsp3) is 0.125. The molecule has 2 N–H and O–H groups in total. The summed E-state index contributed by atoms with van der Waals surface area (Å²) in [6, 6.07) is 8.54. The Morgan fingerprint density at radius 3 is 2.71 bits per heavy atom. The average molecular weight is 300 g/mol. The molecule has 0 atom stereocenters. The highest BCUT2D eigenvalue weighted by Gasteiger charge is 2.15. The molecule has 2 aromatic heterocycles. The molecular formula is C16H13FN2OS. The van der Waals surface area contributed by atoms with Crippen LogP contribution in [-0.2, 0) is 0 Å². The third kappa shape index (κ3) is 2.29. The predicted octanol–water partition coefficient (Wildman–Crippen LogP) is 4.20. The molecule has 0 amide bonds. The van der Waals surface area contributed by atoms with E-state index in [4.69, 9.17) is 5.73 Å². The number of nitrogens with zero attached hydrogens (tertiary/aromatic N) is 1. The number of ketones is 1. The van der Waals surface area contributed by atoms with Gasteiger partial charge in [-0.1, -0.05) is 6.07 Å². The number of hydrogen-bond acceptors (Lipinski definition) is 4. The van der Waals surface area contributed by atoms with Gasteiger partial charge in [0.25, 0.3) is 0 Å². The maximum absolute atomic E-state index is 14.0. The molecule has 1 aromatic carbocycles. The van der Waals surface area contributed by atoms with E-state index in [2.05, 4.69) is 4.98 Å². The lowest BCUT2D eigenvalue weighted by Gasteiger charge is -2.04. The van der Waals surface area contributed by atoms with E-state index in [-0.39, 0.29) is 11.6 Å². The van der Waals surface area contributed by atoms with E-state index >= 15 is 0 Å². The van der Waals surface area contributed by atoms with Gasteiger partial charge in [0.2, 0.25) is 0 Å². The summed E-state index contributed by atoms with van der Waals surface area (Å²) in [6.07, 6.45) is 0. The van der Waals surface area contributed by atoms with Crippen molar-refractivity contribution in [3.05, 3.63) is 46.6 Å². The first-order valence-corrected chi connectivity index (χ1v) is 7.25. The standard InChI is InChI=1S/C16H13FN2OS/c1-8-3-4-10(12(17)7-8)13-6-5-11-14(18)15(9(2)20)21-16(11)19-13/h3-7H,18H2,1-2H3. The number of nitrogen functional groups attached to an aromatic ring is 1. The largest absolute Gasteiger partial charge is 0.397 e. The number of Topliss-reactive ketones (excluding diaryl/α,β-unsaturated/α-hetero) is 1. The second kappa shape index (κ2) is 4.93. The quantitative estimate of drug-likeness (QED) is 0.722. The molecule has 0 aliphatic carbocycles. The number of hydrogen-bond donors (Lipinski definition) is 1. The summed E-state index contributed by atoms with van der Waals surface area (Å²) >= 11 is 1.24. The number of carbonyl (C=O) groups is 1. The van der Waals surface area contributed by atoms with E-state index < -0.39 is 0 Å². The number of aryl methyl sites for hydroxylation is 1. The Morgan fingerprint density at radius 2 is 2.05 bits per heavy atom. The third-order valence-electron chi connectivity index (χ3n) is 3.31. The van der Waals surface area contributed by atoms with Crippen LogP contribution in [0.2, 0.25) is 0 Å². The van der Waals surface area contributed by atoms with Crippen molar-refractivity contribution < 1.29 is 9.18 Å². The molecule has 3 nitrogen and oxygen atoms in total. The topological polar surface area (TPSA) is 56.0 Å². The van der Waals surface area contributed by atoms with Gasteiger partial charge >= 0.3 is 0 Å². The number of fused-ring (bicyclic) bond motifs is 1. The van der Waals surface area contributed by atoms with Crippen molar-refractivity contribution >= 4 is 33.0 Å². The highest BCUT2D eigenvalue weighted by molar-refractivity contribution is 7.21. The molecule has 3 rings (SSSR count). The highest BCUT2D eigenvalue weighted by atomic mass is 32.1. The minimum absolute atomic E-state index is 0.0847. The SMILES string of the molecule is CC(=O)c1sc2nc(-c3ccc(C)cc3F)ccc2c1N. The maximum atomic E-state index is 14.0. The number of aromatic nitrogens is 1. The zero-order chi connectivity index (χ0) is 15.1. The summed E-state index contributed by atoms with van der Waals surface area (Å²) in [5.74, 6) is -0.392. The van der Waals surface area contributed by atoms with Crippen LogP contribution in [0.3, 0.4) is 0 Å². The van der Waals surface area contributed by atoms with Gasteiger partial charge in [0.1, 0.15) is 10.6 Å². The Hall–Kier alpha value is -2.27. The van der Waals surface area contributed by atoms with Crippen LogP contribution in [0, 0.1) is 12.7 Å². The molecule has 5 heteroatoms. The molecule has 0 unspecified atom stereocenters. The Kier molecular flexibility index (Phi) is 3.22. The highest BCUT2D eigenvalue weighted by Crippen LogP contribution is 2.34. The van der Waals surface area contributed by atoms with Crippen LogP contribution < -0.4 is 5.73 Å². The van der Waals surface area contributed by atoms with Crippen molar-refractivity contribution in [2.75, 3.05) is 5.73 Å². The average Bonchev–Trinajstić information content (AvgIpc) is 2.76. The zero-order valence-corrected chi connectivity index (χ0v) is 12.4. The molecular weight excluding hydrogens is 287 g/mol. The van der Waals surface area contributed by atoms with Crippen molar-refractivity contribution in [3.8, 4) is 11.3 Å². The summed E-state index contributed by atoms with van der Waals surface area (Å²) in [6.45, 7) is 3.31. The van der Waals surface area contributed by atoms with E-state index in [1.807, 2.05) is 13.0 Å². The summed E-state index contributed by atoms with van der Waals surface area (Å²) in [7, 11) is 0. The lowest BCUT2D eigenvalue weighted by atomic mass is 10.1. The van der Waals surface area contributed by atoms with Crippen LogP contribution in [-0.4, -0.2) is 10.8 Å². The number of rotatable bonds is 2. The third-order valence-corrected chi connectivity index (χ3v) is 4.53. The minimum atomic E-state index is -0.307. The fourth-order valence-corrected chi connectivity index (χ4v) is 3.23. The first-order chi connectivity index (χ1) is 9.97. The van der Waals surface area contributed by atoms with Gasteiger partial charge in [-0.2, -0.15) is 0 Å². The summed E-state index contributed by atoms with van der Waals surface area (Å²) < 4.78 is 14.0. The number of pyridine rings is 1. The molecule has 0 aliphatic heterocycles. The van der Waals surface area contributed by atoms with Crippen LogP contribution in [0.15, 0.2) is 30.3 Å². The summed E-state index contributed by atoms with van der Waals surface area (Å²) in [5.41, 5.74) is 8.24. The normalized spacial score (nSPS) is 11.0. The Balaban J connectivity index is 2.19. The number of thiophene rings is 1. The second-order valence-corrected chi connectivity index (χ2v) is 5.93. The molecule has 0 fully saturated rings. The molecule has 0 radical (unpaired) electrons. The van der Waals surface area contributed by atoms with Crippen molar-refractivity contribution in [1.82, 2.24) is 4.98 Å². The Bertz CT molecular complexity index is 870. The van der Waals surface area contributed by atoms with Gasteiger partial charge in [-0.15, -0.1) is 11.3 Å². The number of benzene rings is 1. The summed E-state index contributed by atoms with van der Waals surface area (Å²) in [4.78, 5) is 17.1. The molecule has 0 saturated heterocycles. The van der Waals surface area contributed by atoms with Crippen LogP contribution in [0.1, 0.15) is 22.2 Å². The van der Waals surface area contributed by atoms with Gasteiger partial charge in [0, 0.05) is 17.9 Å². The molecule has 106 valence electrons. The van der Waals surface area contributed by atoms with Gasteiger partial charge in [0.15, 0.2) is 5.78 Å². The number of nitrogens with two attached hydrogens (primary N) is 1. The van der Waals surface area contributed by atoms with Gasteiger partial charge in [-0.05, 0) is 36.8 Å². The number of halogens is 1. The van der Waals surface area contributed by atoms with E-state index in [0.29, 0.717) is 26.7 Å². The fourth-order valence-electron chi connectivity index (χ4n) is 2.24. The predicted molar refractivity (Wildman–Crippen MR) is 84.2 cm³/mol. The van der Waals surface area contributed by atoms with Crippen molar-refractivity contribution in [2.45, 2.75) is 13.8 Å². The van der Waals surface area contributed by atoms with Crippen molar-refractivity contribution in [3.63, 3.8) is 0 Å². The monoisotopic (exact) mass is 300 g/mol. The molecule has 0 spiro atoms. The smallest absolute Gasteiger partial charge is 0.171 e. The lowest BCUT2D eigenvalue weighted by molar-refractivity contribution is 0.102. The number of carbonyl (C=O) groups excluding carboxylic acids is 1. The molecule has 0 aliphatic rings. The lowest BCUT2D eigenvalue weighted by Crippen LogP contribution is -1.93. The van der Waals surface area contributed by atoms with Crippen LogP contribution in [0.4, 0.5) is 10.1 Å². The van der Waals surface area contributed by atoms with Crippen molar-refractivity contribution in [1.29, 1.82) is 0 Å². The molecule has 3 aromatic rings. The van der Waals surface area contributed by atoms with Crippen LogP contribution in [0.25, 0.3) is 21.5 Å². The molecule has 0 bridgehead atoms. The van der Waals surface area contributed by atoms with Crippen LogP contribution in [0.5, 0.6) is 0 Å². The van der Waals surface area contributed by atoms with E-state index in [0.717, 1.165) is 10.9 Å². The minimum Gasteiger partial charge on any atom is -0.397 e. The molecule has 2 heterocycles. The first-order valence-electron chi connectivity index (χ1n) is 6.44. The molecule has 21 heavy (non-hydrogen) atoms. The number of anilines is 1. The van der Waals surface area contributed by atoms with Gasteiger partial charge in [0.05, 0.1) is 16.3 Å². The first kappa shape index (κ1) is 13.7. The van der Waals surface area contributed by atoms with Crippen LogP contribution >= 0.6 is 11.3 Å². The van der Waals surface area contributed by atoms with Crippen molar-refractivity contribution in [2.24, 2.45) is 0 Å². The van der Waals surface area contributed by atoms with Gasteiger partial charge in [-0.3, -0.25) is 4.79 Å². The van der Waals surface area contributed by atoms with E-state index in [9.17, 15) is 9.18 Å². The van der Waals surface area contributed by atoms with Gasteiger partial charge in [-0.25, -0.2) is 9.37 Å². The maximum Gasteiger partial charge on any atom is 0.171 e. The summed E-state index contributed by atoms with van der Waals surface area (Å²) in [5, 5.41) is 0.737. The second-order valence-electron chi connectivity index (χ2n) is 4.93. The van der Waals surface area contributed by atoms with E-state index in [1.165, 1.54) is 24.3 Å². The molecule has 0 saturated carbocycles.